The van der Waals surface area contributed by atoms with Crippen LogP contribution in [0.15, 0.2) is 35.9 Å². The second-order valence-corrected chi connectivity index (χ2v) is 9.33. The molecule has 0 aromatic heterocycles. The average molecular weight is 457 g/mol. The second-order valence-electron chi connectivity index (χ2n) is 9.33. The summed E-state index contributed by atoms with van der Waals surface area (Å²) < 4.78 is 11.6. The fourth-order valence-electron chi connectivity index (χ4n) is 4.13. The molecule has 178 valence electrons. The van der Waals surface area contributed by atoms with E-state index in [2.05, 4.69) is 0 Å². The molecule has 0 spiro atoms. The van der Waals surface area contributed by atoms with Crippen LogP contribution in [0.4, 0.5) is 0 Å². The lowest BCUT2D eigenvalue weighted by Gasteiger charge is -2.31. The van der Waals surface area contributed by atoms with Gasteiger partial charge >= 0.3 is 0 Å². The van der Waals surface area contributed by atoms with Gasteiger partial charge in [0.25, 0.3) is 0 Å². The first-order valence-electron chi connectivity index (χ1n) is 10.9. The summed E-state index contributed by atoms with van der Waals surface area (Å²) in [7, 11) is 1.43. The molecule has 4 N–H and O–H groups in total. The summed E-state index contributed by atoms with van der Waals surface area (Å²) >= 11 is 0. The van der Waals surface area contributed by atoms with Crippen molar-refractivity contribution in [2.45, 2.75) is 58.7 Å². The van der Waals surface area contributed by atoms with E-state index < -0.39 is 11.7 Å². The number of allylic oxidation sites excluding steroid dienone is 2. The number of rotatable bonds is 7. The number of aliphatic hydroxyl groups is 1. The smallest absolute Gasteiger partial charge is 0.174 e. The standard InChI is InChI=1S/C26H32O7/c1-14(2)6-7-15(26(3,4)31)10-18-20(29)12-23-24(25(18)32-5)21(30)13-22(33-23)17-9-8-16(27)11-19(17)28/h6,8-9,11-12,15,22,27-29,31H,7,10,13H2,1-5H3/t15-,22-/m0/s1. The molecule has 2 atom stereocenters. The lowest BCUT2D eigenvalue weighted by molar-refractivity contribution is 0.0178. The molecule has 7 heteroatoms. The number of carbonyl (C=O) groups is 1. The molecule has 1 heterocycles. The number of phenols is 3. The topological polar surface area (TPSA) is 116 Å². The monoisotopic (exact) mass is 456 g/mol. The lowest BCUT2D eigenvalue weighted by Crippen LogP contribution is -2.32. The summed E-state index contributed by atoms with van der Waals surface area (Å²) in [5.74, 6) is -0.475. The van der Waals surface area contributed by atoms with Crippen LogP contribution < -0.4 is 9.47 Å². The predicted octanol–water partition coefficient (Wildman–Crippen LogP) is 4.80. The molecule has 3 rings (SSSR count). The molecule has 2 aromatic carbocycles. The Morgan fingerprint density at radius 2 is 1.91 bits per heavy atom. The Hall–Kier alpha value is -3.19. The number of aromatic hydroxyl groups is 3. The molecule has 0 bridgehead atoms. The number of fused-ring (bicyclic) bond motifs is 1. The fraction of sp³-hybridized carbons (Fsp3) is 0.423. The Morgan fingerprint density at radius 3 is 2.48 bits per heavy atom. The van der Waals surface area contributed by atoms with Crippen molar-refractivity contribution in [1.82, 2.24) is 0 Å². The highest BCUT2D eigenvalue weighted by atomic mass is 16.5. The molecule has 7 nitrogen and oxygen atoms in total. The summed E-state index contributed by atoms with van der Waals surface area (Å²) in [6.45, 7) is 7.41. The average Bonchev–Trinajstić information content (AvgIpc) is 2.69. The van der Waals surface area contributed by atoms with Gasteiger partial charge in [0, 0.05) is 23.3 Å². The highest BCUT2D eigenvalue weighted by Crippen LogP contribution is 2.47. The molecule has 1 aliphatic rings. The van der Waals surface area contributed by atoms with E-state index in [0.29, 0.717) is 24.0 Å². The minimum Gasteiger partial charge on any atom is -0.508 e. The van der Waals surface area contributed by atoms with Crippen LogP contribution >= 0.6 is 0 Å². The van der Waals surface area contributed by atoms with Gasteiger partial charge in [-0.15, -0.1) is 0 Å². The van der Waals surface area contributed by atoms with Gasteiger partial charge < -0.3 is 29.9 Å². The van der Waals surface area contributed by atoms with Gasteiger partial charge in [-0.25, -0.2) is 0 Å². The summed E-state index contributed by atoms with van der Waals surface area (Å²) in [5, 5.41) is 41.3. The van der Waals surface area contributed by atoms with Crippen molar-refractivity contribution < 1.29 is 34.7 Å². The molecule has 0 saturated heterocycles. The molecule has 0 fully saturated rings. The fourth-order valence-corrected chi connectivity index (χ4v) is 4.13. The van der Waals surface area contributed by atoms with Gasteiger partial charge in [0.2, 0.25) is 0 Å². The Balaban J connectivity index is 2.02. The molecular formula is C26H32O7. The zero-order chi connectivity index (χ0) is 24.5. The lowest BCUT2D eigenvalue weighted by atomic mass is 9.81. The number of methoxy groups -OCH3 is 1. The van der Waals surface area contributed by atoms with Crippen molar-refractivity contribution in [3.8, 4) is 28.7 Å². The van der Waals surface area contributed by atoms with Gasteiger partial charge in [0.15, 0.2) is 5.78 Å². The van der Waals surface area contributed by atoms with Crippen LogP contribution in [-0.2, 0) is 6.42 Å². The van der Waals surface area contributed by atoms with E-state index in [-0.39, 0.29) is 52.4 Å². The third kappa shape index (κ3) is 5.25. The van der Waals surface area contributed by atoms with Gasteiger partial charge in [0.05, 0.1) is 19.1 Å². The predicted molar refractivity (Wildman–Crippen MR) is 124 cm³/mol. The molecule has 0 radical (unpaired) electrons. The number of benzene rings is 2. The van der Waals surface area contributed by atoms with E-state index in [1.54, 1.807) is 13.8 Å². The van der Waals surface area contributed by atoms with Crippen molar-refractivity contribution in [2.24, 2.45) is 5.92 Å². The maximum absolute atomic E-state index is 13.2. The van der Waals surface area contributed by atoms with Gasteiger partial charge in [0.1, 0.15) is 40.4 Å². The number of phenolic OH excluding ortho intramolecular Hbond substituents is 3. The first-order chi connectivity index (χ1) is 15.4. The van der Waals surface area contributed by atoms with Crippen LogP contribution in [0.1, 0.15) is 68.1 Å². The van der Waals surface area contributed by atoms with E-state index in [1.807, 2.05) is 19.9 Å². The largest absolute Gasteiger partial charge is 0.508 e. The maximum atomic E-state index is 13.2. The molecule has 1 aliphatic heterocycles. The first kappa shape index (κ1) is 24.5. The normalized spacial score (nSPS) is 16.5. The van der Waals surface area contributed by atoms with Crippen molar-refractivity contribution in [3.63, 3.8) is 0 Å². The number of hydrogen-bond acceptors (Lipinski definition) is 7. The highest BCUT2D eigenvalue weighted by molar-refractivity contribution is 6.03. The Morgan fingerprint density at radius 1 is 1.21 bits per heavy atom. The molecule has 33 heavy (non-hydrogen) atoms. The molecular weight excluding hydrogens is 424 g/mol. The van der Waals surface area contributed by atoms with E-state index in [1.165, 1.54) is 31.4 Å². The number of hydrogen-bond donors (Lipinski definition) is 4. The van der Waals surface area contributed by atoms with Crippen molar-refractivity contribution >= 4 is 5.78 Å². The van der Waals surface area contributed by atoms with Crippen LogP contribution in [0.2, 0.25) is 0 Å². The third-order valence-electron chi connectivity index (χ3n) is 6.07. The first-order valence-corrected chi connectivity index (χ1v) is 10.9. The van der Waals surface area contributed by atoms with Gasteiger partial charge in [-0.05, 0) is 58.6 Å². The number of ether oxygens (including phenoxy) is 2. The Kier molecular flexibility index (Phi) is 6.93. The van der Waals surface area contributed by atoms with Gasteiger partial charge in [-0.3, -0.25) is 4.79 Å². The number of carbonyl (C=O) groups excluding carboxylic acids is 1. The van der Waals surface area contributed by atoms with E-state index in [9.17, 15) is 25.2 Å². The zero-order valence-corrected chi connectivity index (χ0v) is 19.7. The van der Waals surface area contributed by atoms with Crippen molar-refractivity contribution in [2.75, 3.05) is 7.11 Å². The molecule has 0 aliphatic carbocycles. The van der Waals surface area contributed by atoms with Crippen LogP contribution in [-0.4, -0.2) is 38.9 Å². The quantitative estimate of drug-likeness (QED) is 0.442. The molecule has 0 saturated carbocycles. The van der Waals surface area contributed by atoms with Crippen molar-refractivity contribution in [3.05, 3.63) is 52.6 Å². The van der Waals surface area contributed by atoms with Gasteiger partial charge in [-0.1, -0.05) is 11.6 Å². The summed E-state index contributed by atoms with van der Waals surface area (Å²) in [6.07, 6.45) is 2.11. The molecule has 0 amide bonds. The SMILES string of the molecule is COc1c(C[C@H](CC=C(C)C)C(C)(C)O)c(O)cc2c1C(=O)C[C@@H](c1ccc(O)cc1O)O2. The zero-order valence-electron chi connectivity index (χ0n) is 19.7. The molecule has 2 aromatic rings. The second kappa shape index (κ2) is 9.35. The summed E-state index contributed by atoms with van der Waals surface area (Å²) in [6, 6.07) is 5.47. The summed E-state index contributed by atoms with van der Waals surface area (Å²) in [5.41, 5.74) is 1.13. The molecule has 0 unspecified atom stereocenters. The van der Waals surface area contributed by atoms with Crippen molar-refractivity contribution in [1.29, 1.82) is 0 Å². The number of Topliss-reactive ketones (excluding diaryl/α,β-unsaturated/α-hetero) is 1. The highest BCUT2D eigenvalue weighted by Gasteiger charge is 2.36. The van der Waals surface area contributed by atoms with Gasteiger partial charge in [-0.2, -0.15) is 0 Å². The Labute approximate surface area is 193 Å². The van der Waals surface area contributed by atoms with E-state index in [4.69, 9.17) is 9.47 Å². The van der Waals surface area contributed by atoms with Crippen LogP contribution in [0, 0.1) is 5.92 Å². The van der Waals surface area contributed by atoms with E-state index >= 15 is 0 Å². The van der Waals surface area contributed by atoms with E-state index in [0.717, 1.165) is 5.57 Å². The van der Waals surface area contributed by atoms with Crippen LogP contribution in [0.25, 0.3) is 0 Å². The summed E-state index contributed by atoms with van der Waals surface area (Å²) in [4.78, 5) is 13.2. The third-order valence-corrected chi connectivity index (χ3v) is 6.07. The van der Waals surface area contributed by atoms with Crippen LogP contribution in [0.5, 0.6) is 28.7 Å². The maximum Gasteiger partial charge on any atom is 0.174 e. The number of ketones is 1. The minimum absolute atomic E-state index is 0.0431. The minimum atomic E-state index is -1.03. The Bertz CT molecular complexity index is 1080. The van der Waals surface area contributed by atoms with Crippen LogP contribution in [0.3, 0.4) is 0 Å².